The Bertz CT molecular complexity index is 471. The molecule has 0 saturated heterocycles. The van der Waals surface area contributed by atoms with Crippen molar-refractivity contribution in [3.05, 3.63) is 22.7 Å². The van der Waals surface area contributed by atoms with E-state index in [0.29, 0.717) is 28.6 Å². The second-order valence-electron chi connectivity index (χ2n) is 4.14. The number of hydrogen-bond donors (Lipinski definition) is 2. The minimum absolute atomic E-state index is 0.198. The number of rotatable bonds is 9. The zero-order valence-corrected chi connectivity index (χ0v) is 13.7. The highest BCUT2D eigenvalue weighted by atomic mass is 35.5. The molecule has 0 atom stereocenters. The van der Waals surface area contributed by atoms with Crippen molar-refractivity contribution in [1.29, 1.82) is 0 Å². The summed E-state index contributed by atoms with van der Waals surface area (Å²) in [5, 5.41) is 11.8. The molecule has 1 amide bonds. The Hall–Kier alpha value is -1.11. The highest BCUT2D eigenvalue weighted by Gasteiger charge is 2.14. The Balaban J connectivity index is 2.56. The van der Waals surface area contributed by atoms with E-state index in [9.17, 15) is 4.79 Å². The van der Waals surface area contributed by atoms with Crippen LogP contribution in [0, 0.1) is 0 Å². The van der Waals surface area contributed by atoms with Crippen LogP contribution in [0.15, 0.2) is 12.1 Å². The van der Waals surface area contributed by atoms with Crippen molar-refractivity contribution in [2.24, 2.45) is 0 Å². The maximum absolute atomic E-state index is 12.0. The van der Waals surface area contributed by atoms with Crippen LogP contribution in [-0.2, 0) is 0 Å². The number of nitrogens with one attached hydrogen (secondary N) is 1. The molecular formula is C14H20ClNO4S. The van der Waals surface area contributed by atoms with E-state index in [2.05, 4.69) is 5.32 Å². The Kier molecular flexibility index (Phi) is 8.34. The quantitative estimate of drug-likeness (QED) is 0.678. The van der Waals surface area contributed by atoms with Gasteiger partial charge in [-0.15, -0.1) is 0 Å². The molecule has 0 radical (unpaired) electrons. The van der Waals surface area contributed by atoms with Crippen LogP contribution >= 0.6 is 23.4 Å². The first-order valence-corrected chi connectivity index (χ1v) is 8.05. The molecule has 21 heavy (non-hydrogen) atoms. The van der Waals surface area contributed by atoms with Crippen LogP contribution in [0.5, 0.6) is 11.5 Å². The van der Waals surface area contributed by atoms with Crippen LogP contribution < -0.4 is 14.8 Å². The second kappa shape index (κ2) is 9.76. The lowest BCUT2D eigenvalue weighted by Gasteiger charge is -2.12. The van der Waals surface area contributed by atoms with Gasteiger partial charge >= 0.3 is 0 Å². The number of carbonyl (C=O) groups is 1. The fourth-order valence-electron chi connectivity index (χ4n) is 1.66. The van der Waals surface area contributed by atoms with E-state index >= 15 is 0 Å². The summed E-state index contributed by atoms with van der Waals surface area (Å²) < 4.78 is 10.3. The van der Waals surface area contributed by atoms with Crippen molar-refractivity contribution in [1.82, 2.24) is 5.32 Å². The summed E-state index contributed by atoms with van der Waals surface area (Å²) >= 11 is 7.75. The smallest absolute Gasteiger partial charge is 0.251 e. The summed E-state index contributed by atoms with van der Waals surface area (Å²) in [6, 6.07) is 3.15. The van der Waals surface area contributed by atoms with Gasteiger partial charge in [0.05, 0.1) is 19.2 Å². The molecule has 0 heterocycles. The zero-order chi connectivity index (χ0) is 15.7. The maximum Gasteiger partial charge on any atom is 0.251 e. The summed E-state index contributed by atoms with van der Waals surface area (Å²) in [6.07, 6.45) is 0.768. The van der Waals surface area contributed by atoms with Gasteiger partial charge in [0.2, 0.25) is 0 Å². The van der Waals surface area contributed by atoms with Gasteiger partial charge < -0.3 is 19.9 Å². The fraction of sp³-hybridized carbons (Fsp3) is 0.500. The van der Waals surface area contributed by atoms with Gasteiger partial charge in [0.25, 0.3) is 5.91 Å². The highest BCUT2D eigenvalue weighted by Crippen LogP contribution is 2.35. The molecule has 7 heteroatoms. The molecule has 1 rings (SSSR count). The second-order valence-corrected chi connectivity index (χ2v) is 5.77. The molecule has 1 aromatic carbocycles. The number of methoxy groups -OCH3 is 2. The van der Waals surface area contributed by atoms with Gasteiger partial charge in [-0.1, -0.05) is 11.6 Å². The maximum atomic E-state index is 12.0. The lowest BCUT2D eigenvalue weighted by Crippen LogP contribution is -2.25. The summed E-state index contributed by atoms with van der Waals surface area (Å²) in [5.74, 6) is 2.31. The number of thioether (sulfide) groups is 1. The van der Waals surface area contributed by atoms with Gasteiger partial charge in [0, 0.05) is 24.5 Å². The molecule has 118 valence electrons. The number of aliphatic hydroxyl groups is 1. The van der Waals surface area contributed by atoms with E-state index in [0.717, 1.165) is 17.9 Å². The Morgan fingerprint density at radius 1 is 1.33 bits per heavy atom. The Morgan fingerprint density at radius 3 is 2.71 bits per heavy atom. The normalized spacial score (nSPS) is 10.3. The van der Waals surface area contributed by atoms with Crippen molar-refractivity contribution in [2.75, 3.05) is 38.9 Å². The third-order valence-electron chi connectivity index (χ3n) is 2.67. The Labute approximate surface area is 134 Å². The molecule has 5 nitrogen and oxygen atoms in total. The van der Waals surface area contributed by atoms with Gasteiger partial charge in [0.1, 0.15) is 0 Å². The predicted octanol–water partition coefficient (Wildman–Crippen LogP) is 2.20. The lowest BCUT2D eigenvalue weighted by atomic mass is 10.2. The minimum Gasteiger partial charge on any atom is -0.493 e. The average Bonchev–Trinajstić information content (AvgIpc) is 2.49. The topological polar surface area (TPSA) is 67.8 Å². The van der Waals surface area contributed by atoms with Gasteiger partial charge in [-0.25, -0.2) is 0 Å². The zero-order valence-electron chi connectivity index (χ0n) is 12.1. The van der Waals surface area contributed by atoms with Gasteiger partial charge in [-0.3, -0.25) is 4.79 Å². The molecule has 0 unspecified atom stereocenters. The molecule has 0 spiro atoms. The number of halogens is 1. The summed E-state index contributed by atoms with van der Waals surface area (Å²) in [7, 11) is 2.99. The molecule has 0 aliphatic heterocycles. The number of ether oxygens (including phenoxy) is 2. The van der Waals surface area contributed by atoms with Gasteiger partial charge in [-0.05, 0) is 24.3 Å². The van der Waals surface area contributed by atoms with E-state index in [1.54, 1.807) is 23.9 Å². The molecule has 0 fully saturated rings. The molecule has 0 aliphatic rings. The third-order valence-corrected chi connectivity index (χ3v) is 4.03. The van der Waals surface area contributed by atoms with E-state index in [-0.39, 0.29) is 12.5 Å². The molecule has 0 aliphatic carbocycles. The van der Waals surface area contributed by atoms with Gasteiger partial charge in [-0.2, -0.15) is 11.8 Å². The highest BCUT2D eigenvalue weighted by molar-refractivity contribution is 7.99. The predicted molar refractivity (Wildman–Crippen MR) is 85.9 cm³/mol. The number of hydrogen-bond acceptors (Lipinski definition) is 5. The first kappa shape index (κ1) is 17.9. The van der Waals surface area contributed by atoms with Crippen LogP contribution in [0.3, 0.4) is 0 Å². The Morgan fingerprint density at radius 2 is 2.10 bits per heavy atom. The summed E-state index contributed by atoms with van der Waals surface area (Å²) in [4.78, 5) is 12.0. The van der Waals surface area contributed by atoms with Crippen molar-refractivity contribution < 1.29 is 19.4 Å². The number of carbonyl (C=O) groups excluding carboxylic acids is 1. The van der Waals surface area contributed by atoms with Crippen molar-refractivity contribution in [3.8, 4) is 11.5 Å². The molecular weight excluding hydrogens is 314 g/mol. The first-order chi connectivity index (χ1) is 10.1. The lowest BCUT2D eigenvalue weighted by molar-refractivity contribution is 0.0955. The number of aliphatic hydroxyl groups excluding tert-OH is 1. The standard InChI is InChI=1S/C14H20ClNO4S/c1-19-12-9-10(8-11(15)13(12)20-2)14(18)16-4-7-21-6-3-5-17/h8-9,17H,3-7H2,1-2H3,(H,16,18). The van der Waals surface area contributed by atoms with Crippen LogP contribution in [-0.4, -0.2) is 49.9 Å². The van der Waals surface area contributed by atoms with E-state index < -0.39 is 0 Å². The van der Waals surface area contributed by atoms with Crippen LogP contribution in [0.25, 0.3) is 0 Å². The number of benzene rings is 1. The molecule has 0 saturated carbocycles. The molecule has 2 N–H and O–H groups in total. The van der Waals surface area contributed by atoms with Crippen LogP contribution in [0.2, 0.25) is 5.02 Å². The van der Waals surface area contributed by atoms with Gasteiger partial charge in [0.15, 0.2) is 11.5 Å². The summed E-state index contributed by atoms with van der Waals surface area (Å²) in [6.45, 7) is 0.754. The molecule has 0 aromatic heterocycles. The number of amides is 1. The van der Waals surface area contributed by atoms with Crippen molar-refractivity contribution >= 4 is 29.3 Å². The minimum atomic E-state index is -0.208. The largest absolute Gasteiger partial charge is 0.493 e. The van der Waals surface area contributed by atoms with Crippen LogP contribution in [0.4, 0.5) is 0 Å². The average molecular weight is 334 g/mol. The molecule has 0 bridgehead atoms. The van der Waals surface area contributed by atoms with E-state index in [1.165, 1.54) is 14.2 Å². The SMILES string of the molecule is COc1cc(C(=O)NCCSCCCO)cc(Cl)c1OC. The summed E-state index contributed by atoms with van der Waals surface area (Å²) in [5.41, 5.74) is 0.429. The fourth-order valence-corrected chi connectivity index (χ4v) is 2.73. The van der Waals surface area contributed by atoms with E-state index in [1.807, 2.05) is 0 Å². The third kappa shape index (κ3) is 5.65. The van der Waals surface area contributed by atoms with Crippen LogP contribution in [0.1, 0.15) is 16.8 Å². The van der Waals surface area contributed by atoms with Crippen molar-refractivity contribution in [3.63, 3.8) is 0 Å². The van der Waals surface area contributed by atoms with E-state index in [4.69, 9.17) is 26.2 Å². The monoisotopic (exact) mass is 333 g/mol. The first-order valence-electron chi connectivity index (χ1n) is 6.52. The molecule has 1 aromatic rings. The van der Waals surface area contributed by atoms with Crippen molar-refractivity contribution in [2.45, 2.75) is 6.42 Å².